The number of benzene rings is 1. The van der Waals surface area contributed by atoms with E-state index in [4.69, 9.17) is 4.74 Å². The lowest BCUT2D eigenvalue weighted by Gasteiger charge is -2.05. The largest absolute Gasteiger partial charge is 0.466 e. The van der Waals surface area contributed by atoms with E-state index in [2.05, 4.69) is 20.8 Å². The Morgan fingerprint density at radius 3 is 2.85 bits per heavy atom. The van der Waals surface area contributed by atoms with Crippen molar-refractivity contribution >= 4 is 45.8 Å². The molecule has 140 valence electrons. The van der Waals surface area contributed by atoms with Crippen molar-refractivity contribution in [3.05, 3.63) is 29.8 Å². The van der Waals surface area contributed by atoms with Gasteiger partial charge >= 0.3 is 5.97 Å². The first-order valence-electron chi connectivity index (χ1n) is 8.29. The highest BCUT2D eigenvalue weighted by Gasteiger charge is 2.09. The average molecular weight is 395 g/mol. The van der Waals surface area contributed by atoms with Crippen LogP contribution in [0.4, 0.5) is 10.8 Å². The maximum Gasteiger partial charge on any atom is 0.305 e. The van der Waals surface area contributed by atoms with Crippen LogP contribution in [0.1, 0.15) is 25.3 Å². The molecule has 2 aromatic rings. The van der Waals surface area contributed by atoms with Gasteiger partial charge in [-0.15, -0.1) is 10.2 Å². The number of carbonyl (C=O) groups excluding carboxylic acids is 2. The molecule has 26 heavy (non-hydrogen) atoms. The number of esters is 1. The predicted octanol–water partition coefficient (Wildman–Crippen LogP) is 3.14. The summed E-state index contributed by atoms with van der Waals surface area (Å²) in [6.07, 6.45) is 0.879. The second-order valence-corrected chi connectivity index (χ2v) is 7.56. The number of ether oxygens (including phenoxy) is 1. The van der Waals surface area contributed by atoms with Crippen molar-refractivity contribution in [2.24, 2.45) is 0 Å². The molecule has 0 aliphatic carbocycles. The monoisotopic (exact) mass is 394 g/mol. The summed E-state index contributed by atoms with van der Waals surface area (Å²) in [4.78, 5) is 23.0. The lowest BCUT2D eigenvalue weighted by Crippen LogP contribution is -2.26. The first kappa shape index (κ1) is 20.2. The minimum Gasteiger partial charge on any atom is -0.466 e. The summed E-state index contributed by atoms with van der Waals surface area (Å²) in [5, 5.41) is 14.9. The molecule has 2 N–H and O–H groups in total. The molecule has 0 aliphatic rings. The van der Waals surface area contributed by atoms with Crippen molar-refractivity contribution in [3.63, 3.8) is 0 Å². The highest BCUT2D eigenvalue weighted by molar-refractivity contribution is 8.01. The van der Waals surface area contributed by atoms with Crippen molar-refractivity contribution in [2.75, 3.05) is 24.2 Å². The number of aryl methyl sites for hydroxylation is 1. The highest BCUT2D eigenvalue weighted by Crippen LogP contribution is 2.28. The minimum atomic E-state index is -0.237. The summed E-state index contributed by atoms with van der Waals surface area (Å²) < 4.78 is 5.56. The fourth-order valence-corrected chi connectivity index (χ4v) is 3.61. The van der Waals surface area contributed by atoms with E-state index in [0.717, 1.165) is 15.6 Å². The Balaban J connectivity index is 1.68. The van der Waals surface area contributed by atoms with Crippen molar-refractivity contribution in [2.45, 2.75) is 31.0 Å². The second-order valence-electron chi connectivity index (χ2n) is 5.36. The molecule has 1 heterocycles. The van der Waals surface area contributed by atoms with Gasteiger partial charge in [0.15, 0.2) is 4.34 Å². The summed E-state index contributed by atoms with van der Waals surface area (Å²) in [7, 11) is 0. The van der Waals surface area contributed by atoms with Gasteiger partial charge in [0.25, 0.3) is 0 Å². The molecule has 0 atom stereocenters. The fraction of sp³-hybridized carbons (Fsp3) is 0.412. The van der Waals surface area contributed by atoms with E-state index in [0.29, 0.717) is 31.1 Å². The third-order valence-electron chi connectivity index (χ3n) is 3.31. The third kappa shape index (κ3) is 7.01. The van der Waals surface area contributed by atoms with Crippen LogP contribution in [0.3, 0.4) is 0 Å². The zero-order valence-electron chi connectivity index (χ0n) is 14.8. The molecule has 0 fully saturated rings. The molecule has 1 aromatic heterocycles. The van der Waals surface area contributed by atoms with Gasteiger partial charge in [-0.05, 0) is 31.9 Å². The van der Waals surface area contributed by atoms with Crippen LogP contribution in [0.25, 0.3) is 0 Å². The summed E-state index contributed by atoms with van der Waals surface area (Å²) in [6.45, 7) is 4.62. The first-order chi connectivity index (χ1) is 12.6. The summed E-state index contributed by atoms with van der Waals surface area (Å²) >= 11 is 2.74. The lowest BCUT2D eigenvalue weighted by atomic mass is 10.2. The molecule has 7 nitrogen and oxygen atoms in total. The number of rotatable bonds is 10. The number of aromatic nitrogens is 2. The summed E-state index contributed by atoms with van der Waals surface area (Å²) in [5.41, 5.74) is 2.11. The molecule has 0 saturated heterocycles. The number of para-hydroxylation sites is 1. The minimum absolute atomic E-state index is 0.0949. The smallest absolute Gasteiger partial charge is 0.305 e. The van der Waals surface area contributed by atoms with Gasteiger partial charge in [-0.3, -0.25) is 9.59 Å². The van der Waals surface area contributed by atoms with Crippen molar-refractivity contribution in [1.82, 2.24) is 15.5 Å². The summed E-state index contributed by atoms with van der Waals surface area (Å²) in [5.74, 6) is -0.0700. The second kappa shape index (κ2) is 10.8. The Hall–Kier alpha value is -2.13. The van der Waals surface area contributed by atoms with Gasteiger partial charge in [0.05, 0.1) is 12.4 Å². The van der Waals surface area contributed by atoms with E-state index in [1.807, 2.05) is 31.2 Å². The Morgan fingerprint density at radius 2 is 2.08 bits per heavy atom. The summed E-state index contributed by atoms with van der Waals surface area (Å²) in [6, 6.07) is 7.93. The van der Waals surface area contributed by atoms with Crippen LogP contribution in [-0.4, -0.2) is 41.0 Å². The number of hydrogen-bond acceptors (Lipinski definition) is 8. The number of carbonyl (C=O) groups is 2. The van der Waals surface area contributed by atoms with Crippen LogP contribution in [0.5, 0.6) is 0 Å². The zero-order chi connectivity index (χ0) is 18.8. The molecule has 0 unspecified atom stereocenters. The molecule has 9 heteroatoms. The number of hydrogen-bond donors (Lipinski definition) is 2. The normalized spacial score (nSPS) is 10.4. The first-order valence-corrected chi connectivity index (χ1v) is 10.1. The van der Waals surface area contributed by atoms with Crippen LogP contribution >= 0.6 is 23.1 Å². The van der Waals surface area contributed by atoms with Crippen LogP contribution in [0, 0.1) is 6.92 Å². The molecule has 0 spiro atoms. The molecule has 1 amide bonds. The van der Waals surface area contributed by atoms with Crippen molar-refractivity contribution < 1.29 is 14.3 Å². The standard InChI is InChI=1S/C17H22N4O3S2/c1-3-24-15(23)9-6-10-18-14(22)11-25-17-21-20-16(26-17)19-13-8-5-4-7-12(13)2/h4-5,7-8H,3,6,9-11H2,1-2H3,(H,18,22)(H,19,20). The van der Waals surface area contributed by atoms with Crippen LogP contribution < -0.4 is 10.6 Å². The Bertz CT molecular complexity index is 736. The van der Waals surface area contributed by atoms with Gasteiger partial charge in [0, 0.05) is 18.7 Å². The number of nitrogens with zero attached hydrogens (tertiary/aromatic N) is 2. The quantitative estimate of drug-likeness (QED) is 0.363. The van der Waals surface area contributed by atoms with Gasteiger partial charge < -0.3 is 15.4 Å². The van der Waals surface area contributed by atoms with Crippen molar-refractivity contribution in [3.8, 4) is 0 Å². The topological polar surface area (TPSA) is 93.2 Å². The van der Waals surface area contributed by atoms with E-state index in [1.54, 1.807) is 6.92 Å². The van der Waals surface area contributed by atoms with Crippen LogP contribution in [0.2, 0.25) is 0 Å². The molecule has 0 saturated carbocycles. The molecule has 0 radical (unpaired) electrons. The van der Waals surface area contributed by atoms with E-state index in [1.165, 1.54) is 23.1 Å². The van der Waals surface area contributed by atoms with E-state index >= 15 is 0 Å². The maximum atomic E-state index is 11.8. The number of thioether (sulfide) groups is 1. The number of nitrogens with one attached hydrogen (secondary N) is 2. The average Bonchev–Trinajstić information content (AvgIpc) is 3.07. The fourth-order valence-electron chi connectivity index (χ4n) is 2.02. The van der Waals surface area contributed by atoms with E-state index < -0.39 is 0 Å². The zero-order valence-corrected chi connectivity index (χ0v) is 16.4. The van der Waals surface area contributed by atoms with E-state index in [9.17, 15) is 9.59 Å². The van der Waals surface area contributed by atoms with E-state index in [-0.39, 0.29) is 17.6 Å². The molecular formula is C17H22N4O3S2. The highest BCUT2D eigenvalue weighted by atomic mass is 32.2. The van der Waals surface area contributed by atoms with Gasteiger partial charge in [-0.1, -0.05) is 41.3 Å². The molecule has 2 rings (SSSR count). The van der Waals surface area contributed by atoms with Gasteiger partial charge in [0.2, 0.25) is 11.0 Å². The molecule has 1 aromatic carbocycles. The SMILES string of the molecule is CCOC(=O)CCCNC(=O)CSc1nnc(Nc2ccccc2C)s1. The Kier molecular flexibility index (Phi) is 8.36. The van der Waals surface area contributed by atoms with Gasteiger partial charge in [-0.2, -0.15) is 0 Å². The molecule has 0 aliphatic heterocycles. The Labute approximate surface area is 160 Å². The lowest BCUT2D eigenvalue weighted by molar-refractivity contribution is -0.143. The maximum absolute atomic E-state index is 11.8. The predicted molar refractivity (Wildman–Crippen MR) is 104 cm³/mol. The third-order valence-corrected chi connectivity index (χ3v) is 5.28. The van der Waals surface area contributed by atoms with Crippen LogP contribution in [-0.2, 0) is 14.3 Å². The van der Waals surface area contributed by atoms with Gasteiger partial charge in [0.1, 0.15) is 0 Å². The molecule has 0 bridgehead atoms. The Morgan fingerprint density at radius 1 is 1.27 bits per heavy atom. The molecular weight excluding hydrogens is 372 g/mol. The van der Waals surface area contributed by atoms with Crippen molar-refractivity contribution in [1.29, 1.82) is 0 Å². The van der Waals surface area contributed by atoms with Gasteiger partial charge in [-0.25, -0.2) is 0 Å². The number of amides is 1. The van der Waals surface area contributed by atoms with Crippen LogP contribution in [0.15, 0.2) is 28.6 Å². The number of anilines is 2.